The highest BCUT2D eigenvalue weighted by molar-refractivity contribution is 6.32. The largest absolute Gasteiger partial charge is 0.484 e. The number of hydrogen-bond acceptors (Lipinski definition) is 4. The Morgan fingerprint density at radius 2 is 1.45 bits per heavy atom. The van der Waals surface area contributed by atoms with Gasteiger partial charge in [0.1, 0.15) is 5.75 Å². The number of aryl methyl sites for hydroxylation is 3. The normalized spacial score (nSPS) is 10.3. The van der Waals surface area contributed by atoms with Crippen molar-refractivity contribution in [1.29, 1.82) is 0 Å². The van der Waals surface area contributed by atoms with Crippen LogP contribution in [0.2, 0.25) is 5.02 Å². The Morgan fingerprint density at radius 3 is 2.09 bits per heavy atom. The van der Waals surface area contributed by atoms with E-state index in [2.05, 4.69) is 16.2 Å². The Balaban J connectivity index is 1.49. The smallest absolute Gasteiger partial charge is 0.276 e. The molecule has 0 fully saturated rings. The van der Waals surface area contributed by atoms with Crippen LogP contribution in [-0.2, 0) is 4.79 Å². The maximum absolute atomic E-state index is 12.4. The van der Waals surface area contributed by atoms with Crippen LogP contribution in [-0.4, -0.2) is 24.3 Å². The van der Waals surface area contributed by atoms with Crippen LogP contribution in [0.4, 0.5) is 5.69 Å². The van der Waals surface area contributed by atoms with Crippen molar-refractivity contribution in [2.24, 2.45) is 0 Å². The molecule has 3 N–H and O–H groups in total. The molecule has 3 amide bonds. The standard InChI is InChI=1S/C25H24ClN3O4/c1-15-6-4-5-7-21(15)25(32)27-19-10-8-18(9-11-19)24(31)29-28-22(30)14-33-20-12-16(2)23(26)17(3)13-20/h4-13H,14H2,1-3H3,(H,27,32)(H,28,30)(H,29,31). The van der Waals surface area contributed by atoms with Gasteiger partial charge in [0.05, 0.1) is 0 Å². The molecule has 3 aromatic carbocycles. The molecule has 3 rings (SSSR count). The van der Waals surface area contributed by atoms with E-state index in [4.69, 9.17) is 16.3 Å². The van der Waals surface area contributed by atoms with E-state index in [0.29, 0.717) is 27.6 Å². The number of halogens is 1. The summed E-state index contributed by atoms with van der Waals surface area (Å²) in [6.07, 6.45) is 0. The van der Waals surface area contributed by atoms with Gasteiger partial charge in [-0.15, -0.1) is 0 Å². The molecule has 0 aliphatic heterocycles. The Morgan fingerprint density at radius 1 is 0.818 bits per heavy atom. The molecule has 0 heterocycles. The molecule has 0 aliphatic rings. The van der Waals surface area contributed by atoms with Gasteiger partial charge in [-0.3, -0.25) is 25.2 Å². The number of carbonyl (C=O) groups is 3. The molecule has 0 atom stereocenters. The third kappa shape index (κ3) is 6.33. The summed E-state index contributed by atoms with van der Waals surface area (Å²) in [4.78, 5) is 36.7. The summed E-state index contributed by atoms with van der Waals surface area (Å²) < 4.78 is 5.46. The van der Waals surface area contributed by atoms with Crippen LogP contribution in [0.15, 0.2) is 60.7 Å². The van der Waals surface area contributed by atoms with Crippen molar-refractivity contribution >= 4 is 35.0 Å². The average molecular weight is 466 g/mol. The first-order chi connectivity index (χ1) is 15.7. The number of amides is 3. The van der Waals surface area contributed by atoms with Gasteiger partial charge in [0.2, 0.25) is 0 Å². The van der Waals surface area contributed by atoms with Crippen LogP contribution in [0, 0.1) is 20.8 Å². The second-order valence-electron chi connectivity index (χ2n) is 7.51. The van der Waals surface area contributed by atoms with Gasteiger partial charge in [0.15, 0.2) is 6.61 Å². The number of nitrogens with one attached hydrogen (secondary N) is 3. The lowest BCUT2D eigenvalue weighted by atomic mass is 10.1. The van der Waals surface area contributed by atoms with Gasteiger partial charge in [0.25, 0.3) is 17.7 Å². The maximum Gasteiger partial charge on any atom is 0.276 e. The zero-order valence-electron chi connectivity index (χ0n) is 18.5. The molecule has 0 aliphatic carbocycles. The van der Waals surface area contributed by atoms with E-state index in [-0.39, 0.29) is 12.5 Å². The highest BCUT2D eigenvalue weighted by Gasteiger charge is 2.11. The topological polar surface area (TPSA) is 96.5 Å². The second-order valence-corrected chi connectivity index (χ2v) is 7.89. The summed E-state index contributed by atoms with van der Waals surface area (Å²) >= 11 is 6.12. The first-order valence-electron chi connectivity index (χ1n) is 10.2. The first-order valence-corrected chi connectivity index (χ1v) is 10.6. The predicted octanol–water partition coefficient (Wildman–Crippen LogP) is 4.36. The summed E-state index contributed by atoms with van der Waals surface area (Å²) in [6, 6.07) is 17.1. The number of hydrazine groups is 1. The highest BCUT2D eigenvalue weighted by Crippen LogP contribution is 2.25. The van der Waals surface area contributed by atoms with E-state index in [1.54, 1.807) is 48.5 Å². The van der Waals surface area contributed by atoms with Crippen molar-refractivity contribution in [2.75, 3.05) is 11.9 Å². The van der Waals surface area contributed by atoms with Gasteiger partial charge in [0, 0.05) is 21.8 Å². The Hall–Kier alpha value is -3.84. The minimum Gasteiger partial charge on any atom is -0.484 e. The number of ether oxygens (including phenoxy) is 1. The molecule has 0 unspecified atom stereocenters. The van der Waals surface area contributed by atoms with Crippen molar-refractivity contribution in [3.63, 3.8) is 0 Å². The minimum atomic E-state index is -0.518. The molecule has 33 heavy (non-hydrogen) atoms. The zero-order chi connectivity index (χ0) is 24.0. The number of anilines is 1. The fraction of sp³-hybridized carbons (Fsp3) is 0.160. The van der Waals surface area contributed by atoms with Gasteiger partial charge in [-0.05, 0) is 79.9 Å². The fourth-order valence-electron chi connectivity index (χ4n) is 3.10. The SMILES string of the molecule is Cc1ccccc1C(=O)Nc1ccc(C(=O)NNC(=O)COc2cc(C)c(Cl)c(C)c2)cc1. The molecule has 170 valence electrons. The van der Waals surface area contributed by atoms with E-state index in [1.165, 1.54) is 0 Å². The first kappa shape index (κ1) is 23.8. The average Bonchev–Trinajstić information content (AvgIpc) is 2.80. The lowest BCUT2D eigenvalue weighted by molar-refractivity contribution is -0.123. The van der Waals surface area contributed by atoms with Gasteiger partial charge in [-0.1, -0.05) is 29.8 Å². The molecule has 0 saturated carbocycles. The summed E-state index contributed by atoms with van der Waals surface area (Å²) in [5, 5.41) is 3.45. The highest BCUT2D eigenvalue weighted by atomic mass is 35.5. The minimum absolute atomic E-state index is 0.233. The predicted molar refractivity (Wildman–Crippen MR) is 128 cm³/mol. The summed E-state index contributed by atoms with van der Waals surface area (Å²) in [6.45, 7) is 5.29. The summed E-state index contributed by atoms with van der Waals surface area (Å²) in [5.41, 5.74) is 8.64. The van der Waals surface area contributed by atoms with Crippen LogP contribution in [0.25, 0.3) is 0 Å². The molecule has 0 aromatic heterocycles. The van der Waals surface area contributed by atoms with Gasteiger partial charge >= 0.3 is 0 Å². The van der Waals surface area contributed by atoms with Crippen molar-refractivity contribution in [3.8, 4) is 5.75 Å². The summed E-state index contributed by atoms with van der Waals surface area (Å²) in [5.74, 6) is -0.739. The van der Waals surface area contributed by atoms with E-state index in [0.717, 1.165) is 16.7 Å². The molecule has 0 bridgehead atoms. The van der Waals surface area contributed by atoms with Gasteiger partial charge in [-0.25, -0.2) is 0 Å². The monoisotopic (exact) mass is 465 g/mol. The van der Waals surface area contributed by atoms with Crippen LogP contribution in [0.5, 0.6) is 5.75 Å². The molecular weight excluding hydrogens is 442 g/mol. The van der Waals surface area contributed by atoms with E-state index >= 15 is 0 Å². The third-order valence-electron chi connectivity index (χ3n) is 4.89. The van der Waals surface area contributed by atoms with Crippen LogP contribution >= 0.6 is 11.6 Å². The molecule has 0 spiro atoms. The molecule has 3 aromatic rings. The second kappa shape index (κ2) is 10.7. The van der Waals surface area contributed by atoms with Crippen LogP contribution in [0.1, 0.15) is 37.4 Å². The van der Waals surface area contributed by atoms with Crippen molar-refractivity contribution < 1.29 is 19.1 Å². The lowest BCUT2D eigenvalue weighted by Crippen LogP contribution is -2.43. The Bertz CT molecular complexity index is 1170. The molecule has 0 radical (unpaired) electrons. The van der Waals surface area contributed by atoms with E-state index in [9.17, 15) is 14.4 Å². The fourth-order valence-corrected chi connectivity index (χ4v) is 3.21. The van der Waals surface area contributed by atoms with Crippen LogP contribution in [0.3, 0.4) is 0 Å². The quantitative estimate of drug-likeness (QED) is 0.471. The van der Waals surface area contributed by atoms with E-state index in [1.807, 2.05) is 32.9 Å². The van der Waals surface area contributed by atoms with E-state index < -0.39 is 11.8 Å². The summed E-state index contributed by atoms with van der Waals surface area (Å²) in [7, 11) is 0. The molecular formula is C25H24ClN3O4. The van der Waals surface area contributed by atoms with Crippen molar-refractivity contribution in [2.45, 2.75) is 20.8 Å². The Kier molecular flexibility index (Phi) is 7.69. The number of carbonyl (C=O) groups excluding carboxylic acids is 3. The third-order valence-corrected chi connectivity index (χ3v) is 5.49. The van der Waals surface area contributed by atoms with Gasteiger partial charge in [-0.2, -0.15) is 0 Å². The Labute approximate surface area is 197 Å². The zero-order valence-corrected chi connectivity index (χ0v) is 19.2. The van der Waals surface area contributed by atoms with Crippen LogP contribution < -0.4 is 20.9 Å². The van der Waals surface area contributed by atoms with Crippen molar-refractivity contribution in [3.05, 3.63) is 93.5 Å². The number of benzene rings is 3. The lowest BCUT2D eigenvalue weighted by Gasteiger charge is -2.11. The molecule has 8 heteroatoms. The molecule has 0 saturated heterocycles. The number of rotatable bonds is 6. The number of hydrogen-bond donors (Lipinski definition) is 3. The maximum atomic E-state index is 12.4. The molecule has 7 nitrogen and oxygen atoms in total. The van der Waals surface area contributed by atoms with Crippen molar-refractivity contribution in [1.82, 2.24) is 10.9 Å². The van der Waals surface area contributed by atoms with Gasteiger partial charge < -0.3 is 10.1 Å².